The number of rotatable bonds is 11. The van der Waals surface area contributed by atoms with E-state index in [-0.39, 0.29) is 0 Å². The Morgan fingerprint density at radius 2 is 1.71 bits per heavy atom. The Bertz CT molecular complexity index is 165. The van der Waals surface area contributed by atoms with Crippen molar-refractivity contribution in [2.75, 3.05) is 47.1 Å². The van der Waals surface area contributed by atoms with Crippen LogP contribution < -0.4 is 5.73 Å². The molecule has 1 atom stereocenters. The highest BCUT2D eigenvalue weighted by molar-refractivity contribution is 4.74. The summed E-state index contributed by atoms with van der Waals surface area (Å²) in [7, 11) is 3.49. The van der Waals surface area contributed by atoms with E-state index < -0.39 is 0 Å². The maximum Gasteiger partial charge on any atom is 0.0589 e. The first kappa shape index (κ1) is 16.8. The van der Waals surface area contributed by atoms with Crippen molar-refractivity contribution in [1.82, 2.24) is 4.90 Å². The van der Waals surface area contributed by atoms with Gasteiger partial charge in [0.2, 0.25) is 0 Å². The number of hydrogen-bond acceptors (Lipinski definition) is 4. The van der Waals surface area contributed by atoms with Gasteiger partial charge in [0.1, 0.15) is 0 Å². The molecule has 0 rings (SSSR count). The van der Waals surface area contributed by atoms with Crippen molar-refractivity contribution in [2.24, 2.45) is 11.7 Å². The van der Waals surface area contributed by atoms with Gasteiger partial charge in [0.25, 0.3) is 0 Å². The van der Waals surface area contributed by atoms with E-state index in [1.54, 1.807) is 14.2 Å². The Morgan fingerprint density at radius 3 is 2.18 bits per heavy atom. The van der Waals surface area contributed by atoms with Gasteiger partial charge in [-0.25, -0.2) is 0 Å². The standard InChI is InChI=1S/C13H30N2O2/c1-12(2)10-13(11-14)15(7-9-17-4)6-5-8-16-3/h12-13H,5-11,14H2,1-4H3. The average Bonchev–Trinajstić information content (AvgIpc) is 2.30. The summed E-state index contributed by atoms with van der Waals surface area (Å²) in [6, 6.07) is 0.460. The van der Waals surface area contributed by atoms with Gasteiger partial charge in [0.05, 0.1) is 6.61 Å². The summed E-state index contributed by atoms with van der Waals surface area (Å²) in [5, 5.41) is 0. The average molecular weight is 246 g/mol. The summed E-state index contributed by atoms with van der Waals surface area (Å²) in [6.07, 6.45) is 2.20. The minimum atomic E-state index is 0.460. The predicted octanol–water partition coefficient (Wildman–Crippen LogP) is 1.34. The molecule has 0 radical (unpaired) electrons. The third-order valence-electron chi connectivity index (χ3n) is 2.91. The third-order valence-corrected chi connectivity index (χ3v) is 2.91. The molecule has 104 valence electrons. The molecule has 0 aromatic carbocycles. The van der Waals surface area contributed by atoms with Crippen LogP contribution >= 0.6 is 0 Å². The van der Waals surface area contributed by atoms with Crippen molar-refractivity contribution in [3.8, 4) is 0 Å². The molecule has 1 unspecified atom stereocenters. The molecule has 0 aliphatic rings. The normalized spacial score (nSPS) is 13.6. The molecule has 0 fully saturated rings. The second-order valence-corrected chi connectivity index (χ2v) is 4.89. The van der Waals surface area contributed by atoms with Crippen LogP contribution in [-0.4, -0.2) is 58.0 Å². The van der Waals surface area contributed by atoms with Gasteiger partial charge in [-0.05, 0) is 18.8 Å². The zero-order valence-corrected chi connectivity index (χ0v) is 11.9. The van der Waals surface area contributed by atoms with Crippen molar-refractivity contribution >= 4 is 0 Å². The summed E-state index contributed by atoms with van der Waals surface area (Å²) < 4.78 is 10.3. The number of nitrogens with zero attached hydrogens (tertiary/aromatic N) is 1. The van der Waals surface area contributed by atoms with E-state index in [4.69, 9.17) is 15.2 Å². The van der Waals surface area contributed by atoms with Crippen LogP contribution in [0.5, 0.6) is 0 Å². The van der Waals surface area contributed by atoms with Crippen molar-refractivity contribution in [3.05, 3.63) is 0 Å². The Kier molecular flexibility index (Phi) is 10.9. The molecule has 4 heteroatoms. The van der Waals surface area contributed by atoms with Crippen LogP contribution in [0, 0.1) is 5.92 Å². The minimum Gasteiger partial charge on any atom is -0.385 e. The maximum absolute atomic E-state index is 5.88. The van der Waals surface area contributed by atoms with Crippen LogP contribution in [0.3, 0.4) is 0 Å². The lowest BCUT2D eigenvalue weighted by Gasteiger charge is -2.31. The molecule has 0 saturated carbocycles. The largest absolute Gasteiger partial charge is 0.385 e. The van der Waals surface area contributed by atoms with Gasteiger partial charge in [0.15, 0.2) is 0 Å². The minimum absolute atomic E-state index is 0.460. The maximum atomic E-state index is 5.88. The van der Waals surface area contributed by atoms with Gasteiger partial charge in [0, 0.05) is 46.5 Å². The van der Waals surface area contributed by atoms with Gasteiger partial charge in [-0.15, -0.1) is 0 Å². The fourth-order valence-electron chi connectivity index (χ4n) is 2.04. The lowest BCUT2D eigenvalue weighted by molar-refractivity contribution is 0.100. The van der Waals surface area contributed by atoms with Crippen molar-refractivity contribution < 1.29 is 9.47 Å². The monoisotopic (exact) mass is 246 g/mol. The van der Waals surface area contributed by atoms with Crippen LogP contribution in [0.1, 0.15) is 26.7 Å². The van der Waals surface area contributed by atoms with E-state index in [2.05, 4.69) is 18.7 Å². The van der Waals surface area contributed by atoms with Crippen molar-refractivity contribution in [2.45, 2.75) is 32.7 Å². The van der Waals surface area contributed by atoms with Gasteiger partial charge < -0.3 is 15.2 Å². The van der Waals surface area contributed by atoms with E-state index in [1.807, 2.05) is 0 Å². The molecule has 2 N–H and O–H groups in total. The molecule has 0 aromatic heterocycles. The Labute approximate surface area is 106 Å². The SMILES string of the molecule is COCCCN(CCOC)C(CN)CC(C)C. The van der Waals surface area contributed by atoms with E-state index >= 15 is 0 Å². The molecular weight excluding hydrogens is 216 g/mol. The lowest BCUT2D eigenvalue weighted by atomic mass is 10.0. The summed E-state index contributed by atoms with van der Waals surface area (Å²) in [5.74, 6) is 0.677. The summed E-state index contributed by atoms with van der Waals surface area (Å²) in [6.45, 7) is 8.76. The Balaban J connectivity index is 4.18. The smallest absolute Gasteiger partial charge is 0.0589 e. The first-order chi connectivity index (χ1) is 8.15. The molecule has 0 amide bonds. The quantitative estimate of drug-likeness (QED) is 0.559. The van der Waals surface area contributed by atoms with E-state index in [9.17, 15) is 0 Å². The van der Waals surface area contributed by atoms with Crippen LogP contribution in [0.4, 0.5) is 0 Å². The molecule has 0 heterocycles. The fourth-order valence-corrected chi connectivity index (χ4v) is 2.04. The van der Waals surface area contributed by atoms with Crippen molar-refractivity contribution in [3.63, 3.8) is 0 Å². The van der Waals surface area contributed by atoms with Crippen LogP contribution in [0.15, 0.2) is 0 Å². The van der Waals surface area contributed by atoms with Gasteiger partial charge in [-0.2, -0.15) is 0 Å². The molecule has 17 heavy (non-hydrogen) atoms. The number of methoxy groups -OCH3 is 2. The molecule has 0 bridgehead atoms. The van der Waals surface area contributed by atoms with E-state index in [0.29, 0.717) is 12.0 Å². The van der Waals surface area contributed by atoms with Crippen LogP contribution in [0.2, 0.25) is 0 Å². The molecule has 0 spiro atoms. The molecule has 0 aliphatic carbocycles. The Morgan fingerprint density at radius 1 is 1.06 bits per heavy atom. The van der Waals surface area contributed by atoms with E-state index in [0.717, 1.165) is 45.7 Å². The van der Waals surface area contributed by atoms with Gasteiger partial charge >= 0.3 is 0 Å². The zero-order valence-electron chi connectivity index (χ0n) is 11.9. The van der Waals surface area contributed by atoms with Gasteiger partial charge in [-0.1, -0.05) is 13.8 Å². The number of ether oxygens (including phenoxy) is 2. The second kappa shape index (κ2) is 11.0. The lowest BCUT2D eigenvalue weighted by Crippen LogP contribution is -2.44. The molecule has 0 aromatic rings. The zero-order chi connectivity index (χ0) is 13.1. The summed E-state index contributed by atoms with van der Waals surface area (Å²) in [4.78, 5) is 2.43. The highest BCUT2D eigenvalue weighted by Gasteiger charge is 2.17. The predicted molar refractivity (Wildman–Crippen MR) is 72.2 cm³/mol. The molecule has 0 aliphatic heterocycles. The highest BCUT2D eigenvalue weighted by Crippen LogP contribution is 2.11. The van der Waals surface area contributed by atoms with Crippen LogP contribution in [0.25, 0.3) is 0 Å². The molecular formula is C13H30N2O2. The van der Waals surface area contributed by atoms with E-state index in [1.165, 1.54) is 0 Å². The first-order valence-corrected chi connectivity index (χ1v) is 6.57. The second-order valence-electron chi connectivity index (χ2n) is 4.89. The first-order valence-electron chi connectivity index (χ1n) is 6.57. The molecule has 0 saturated heterocycles. The molecule has 4 nitrogen and oxygen atoms in total. The Hall–Kier alpha value is -0.160. The van der Waals surface area contributed by atoms with Crippen molar-refractivity contribution in [1.29, 1.82) is 0 Å². The van der Waals surface area contributed by atoms with Gasteiger partial charge in [-0.3, -0.25) is 4.90 Å². The van der Waals surface area contributed by atoms with Crippen LogP contribution in [-0.2, 0) is 9.47 Å². The summed E-state index contributed by atoms with van der Waals surface area (Å²) in [5.41, 5.74) is 5.88. The fraction of sp³-hybridized carbons (Fsp3) is 1.00. The third kappa shape index (κ3) is 8.55. The summed E-state index contributed by atoms with van der Waals surface area (Å²) >= 11 is 0. The number of hydrogen-bond donors (Lipinski definition) is 1. The highest BCUT2D eigenvalue weighted by atomic mass is 16.5. The topological polar surface area (TPSA) is 47.7 Å². The number of nitrogens with two attached hydrogens (primary N) is 1.